The summed E-state index contributed by atoms with van der Waals surface area (Å²) in [6.45, 7) is 0. The molecule has 1 heterocycles. The van der Waals surface area contributed by atoms with Crippen LogP contribution >= 0.6 is 11.6 Å². The first kappa shape index (κ1) is 15.0. The highest BCUT2D eigenvalue weighted by atomic mass is 35.5. The molecule has 0 saturated heterocycles. The molecule has 10 heteroatoms. The fraction of sp³-hybridized carbons (Fsp3) is 0. The van der Waals surface area contributed by atoms with Crippen molar-refractivity contribution in [3.05, 3.63) is 41.9 Å². The molecule has 0 atom stereocenters. The number of nitrogens with two attached hydrogens (primary N) is 1. The Morgan fingerprint density at radius 2 is 1.62 bits per heavy atom. The fourth-order valence-electron chi connectivity index (χ4n) is 1.42. The van der Waals surface area contributed by atoms with Crippen molar-refractivity contribution in [3.63, 3.8) is 0 Å². The maximum absolute atomic E-state index is 12.1. The summed E-state index contributed by atoms with van der Waals surface area (Å²) in [5.74, 6) is 0. The van der Waals surface area contributed by atoms with Gasteiger partial charge in [0.1, 0.15) is 4.90 Å². The topological polar surface area (TPSA) is 127 Å². The van der Waals surface area contributed by atoms with Crippen molar-refractivity contribution < 1.29 is 13.2 Å². The normalized spacial score (nSPS) is 10.9. The molecule has 4 N–H and O–H groups in total. The Hall–Kier alpha value is -2.39. The second-order valence-corrected chi connectivity index (χ2v) is 5.88. The minimum atomic E-state index is -3.81. The maximum atomic E-state index is 12.1. The number of carbonyl (C=O) groups is 1. The lowest BCUT2D eigenvalue weighted by Crippen LogP contribution is -2.19. The second kappa shape index (κ2) is 5.94. The highest BCUT2D eigenvalue weighted by Gasteiger charge is 2.15. The van der Waals surface area contributed by atoms with Crippen LogP contribution in [0.4, 0.5) is 16.2 Å². The zero-order valence-electron chi connectivity index (χ0n) is 10.4. The fourth-order valence-corrected chi connectivity index (χ4v) is 2.46. The molecule has 8 nitrogen and oxygen atoms in total. The number of sulfonamides is 1. The summed E-state index contributed by atoms with van der Waals surface area (Å²) in [5, 5.41) is 2.31. The van der Waals surface area contributed by atoms with Gasteiger partial charge in [-0.3, -0.25) is 4.72 Å². The van der Waals surface area contributed by atoms with Crippen molar-refractivity contribution in [1.29, 1.82) is 0 Å². The van der Waals surface area contributed by atoms with Crippen LogP contribution in [0.5, 0.6) is 0 Å². The van der Waals surface area contributed by atoms with E-state index >= 15 is 0 Å². The average molecular weight is 328 g/mol. The molecule has 0 fully saturated rings. The number of aromatic nitrogens is 2. The number of hydrogen-bond donors (Lipinski definition) is 3. The smallest absolute Gasteiger partial charge is 0.316 e. The van der Waals surface area contributed by atoms with Gasteiger partial charge in [-0.2, -0.15) is 0 Å². The van der Waals surface area contributed by atoms with Gasteiger partial charge in [0.05, 0.1) is 12.4 Å². The molecule has 0 saturated carbocycles. The number of hydrogen-bond acceptors (Lipinski definition) is 5. The van der Waals surface area contributed by atoms with Crippen molar-refractivity contribution >= 4 is 39.0 Å². The van der Waals surface area contributed by atoms with Crippen LogP contribution in [0.1, 0.15) is 0 Å². The van der Waals surface area contributed by atoms with E-state index in [-0.39, 0.29) is 10.2 Å². The summed E-state index contributed by atoms with van der Waals surface area (Å²) < 4.78 is 26.4. The van der Waals surface area contributed by atoms with Crippen LogP contribution in [-0.4, -0.2) is 24.4 Å². The lowest BCUT2D eigenvalue weighted by atomic mass is 10.3. The van der Waals surface area contributed by atoms with Gasteiger partial charge in [0, 0.05) is 11.4 Å². The van der Waals surface area contributed by atoms with Crippen LogP contribution in [0.15, 0.2) is 41.6 Å². The van der Waals surface area contributed by atoms with Crippen molar-refractivity contribution in [1.82, 2.24) is 9.97 Å². The Labute approximate surface area is 125 Å². The first-order chi connectivity index (χ1) is 9.87. The van der Waals surface area contributed by atoms with Gasteiger partial charge in [-0.15, -0.1) is 0 Å². The van der Waals surface area contributed by atoms with Gasteiger partial charge < -0.3 is 11.1 Å². The van der Waals surface area contributed by atoms with E-state index in [0.717, 1.165) is 12.4 Å². The van der Waals surface area contributed by atoms with Gasteiger partial charge >= 0.3 is 6.03 Å². The summed E-state index contributed by atoms with van der Waals surface area (Å²) in [5.41, 5.74) is 5.72. The Balaban J connectivity index is 2.16. The highest BCUT2D eigenvalue weighted by Crippen LogP contribution is 2.17. The molecule has 2 amide bonds. The van der Waals surface area contributed by atoms with E-state index in [1.54, 1.807) is 0 Å². The Kier molecular flexibility index (Phi) is 4.24. The molecule has 1 aromatic heterocycles. The molecule has 110 valence electrons. The van der Waals surface area contributed by atoms with E-state index in [4.69, 9.17) is 17.3 Å². The molecule has 21 heavy (non-hydrogen) atoms. The third-order valence-electron chi connectivity index (χ3n) is 2.31. The predicted octanol–water partition coefficient (Wildman–Crippen LogP) is 1.42. The molecule has 0 unspecified atom stereocenters. The number of carbonyl (C=O) groups excluding carboxylic acids is 1. The number of urea groups is 1. The molecule has 0 spiro atoms. The molecule has 0 bridgehead atoms. The molecule has 2 rings (SSSR count). The number of rotatable bonds is 4. The standard InChI is InChI=1S/C11H10ClN5O3S/c12-10-14-5-9(6-15-10)21(19,20)17-8-3-1-7(2-4-8)16-11(13)18/h1-6,17H,(H3,13,16,18). The Bertz CT molecular complexity index is 746. The molecular formula is C11H10ClN5O3S. The lowest BCUT2D eigenvalue weighted by molar-refractivity contribution is 0.259. The summed E-state index contributed by atoms with van der Waals surface area (Å²) in [6, 6.07) is 5.24. The van der Waals surface area contributed by atoms with Crippen LogP contribution in [0.2, 0.25) is 5.28 Å². The van der Waals surface area contributed by atoms with E-state index in [0.29, 0.717) is 11.4 Å². The lowest BCUT2D eigenvalue weighted by Gasteiger charge is -2.08. The largest absolute Gasteiger partial charge is 0.351 e. The van der Waals surface area contributed by atoms with E-state index < -0.39 is 16.1 Å². The van der Waals surface area contributed by atoms with Crippen molar-refractivity contribution in [2.75, 3.05) is 10.0 Å². The number of anilines is 2. The summed E-state index contributed by atoms with van der Waals surface area (Å²) in [7, 11) is -3.81. The predicted molar refractivity (Wildman–Crippen MR) is 77.5 cm³/mol. The van der Waals surface area contributed by atoms with Gasteiger partial charge in [0.15, 0.2) is 0 Å². The van der Waals surface area contributed by atoms with Crippen LogP contribution in [0.25, 0.3) is 0 Å². The van der Waals surface area contributed by atoms with Crippen LogP contribution < -0.4 is 15.8 Å². The minimum Gasteiger partial charge on any atom is -0.351 e. The first-order valence-corrected chi connectivity index (χ1v) is 7.40. The Morgan fingerprint density at radius 1 is 1.10 bits per heavy atom. The monoisotopic (exact) mass is 327 g/mol. The maximum Gasteiger partial charge on any atom is 0.316 e. The molecule has 0 aliphatic heterocycles. The third-order valence-corrected chi connectivity index (χ3v) is 3.84. The zero-order valence-corrected chi connectivity index (χ0v) is 12.0. The van der Waals surface area contributed by atoms with E-state index in [1.165, 1.54) is 24.3 Å². The summed E-state index contributed by atoms with van der Waals surface area (Å²) in [4.78, 5) is 17.8. The van der Waals surface area contributed by atoms with Gasteiger partial charge in [0.2, 0.25) is 5.28 Å². The Morgan fingerprint density at radius 3 is 2.14 bits per heavy atom. The molecule has 2 aromatic rings. The zero-order chi connectivity index (χ0) is 15.5. The molecule has 1 aromatic carbocycles. The summed E-state index contributed by atoms with van der Waals surface area (Å²) in [6.07, 6.45) is 2.20. The number of amides is 2. The van der Waals surface area contributed by atoms with Gasteiger partial charge in [0.25, 0.3) is 10.0 Å². The van der Waals surface area contributed by atoms with Crippen molar-refractivity contribution in [3.8, 4) is 0 Å². The third kappa shape index (κ3) is 4.04. The van der Waals surface area contributed by atoms with E-state index in [9.17, 15) is 13.2 Å². The second-order valence-electron chi connectivity index (χ2n) is 3.86. The average Bonchev–Trinajstić information content (AvgIpc) is 2.40. The number of benzene rings is 1. The van der Waals surface area contributed by atoms with Crippen LogP contribution in [-0.2, 0) is 10.0 Å². The number of halogens is 1. The van der Waals surface area contributed by atoms with Gasteiger partial charge in [-0.1, -0.05) is 0 Å². The van der Waals surface area contributed by atoms with Crippen molar-refractivity contribution in [2.24, 2.45) is 5.73 Å². The highest BCUT2D eigenvalue weighted by molar-refractivity contribution is 7.92. The number of nitrogens with one attached hydrogen (secondary N) is 2. The molecular weight excluding hydrogens is 318 g/mol. The SMILES string of the molecule is NC(=O)Nc1ccc(NS(=O)(=O)c2cnc(Cl)nc2)cc1. The first-order valence-electron chi connectivity index (χ1n) is 5.54. The number of nitrogens with zero attached hydrogens (tertiary/aromatic N) is 2. The molecule has 0 aliphatic rings. The van der Waals surface area contributed by atoms with Crippen LogP contribution in [0, 0.1) is 0 Å². The summed E-state index contributed by atoms with van der Waals surface area (Å²) >= 11 is 5.50. The van der Waals surface area contributed by atoms with E-state index in [1.807, 2.05) is 0 Å². The quantitative estimate of drug-likeness (QED) is 0.732. The van der Waals surface area contributed by atoms with Gasteiger partial charge in [-0.05, 0) is 35.9 Å². The van der Waals surface area contributed by atoms with Crippen LogP contribution in [0.3, 0.4) is 0 Å². The van der Waals surface area contributed by atoms with Gasteiger partial charge in [-0.25, -0.2) is 23.2 Å². The van der Waals surface area contributed by atoms with E-state index in [2.05, 4.69) is 20.0 Å². The van der Waals surface area contributed by atoms with Crippen molar-refractivity contribution in [2.45, 2.75) is 4.90 Å². The molecule has 0 aliphatic carbocycles. The number of primary amides is 1. The molecule has 0 radical (unpaired) electrons. The minimum absolute atomic E-state index is 0.0455.